The molecule has 5 heteroatoms. The second kappa shape index (κ2) is 5.18. The number of rotatable bonds is 5. The fourth-order valence-corrected chi connectivity index (χ4v) is 1.83. The normalized spacial score (nSPS) is 16.1. The summed E-state index contributed by atoms with van der Waals surface area (Å²) < 4.78 is 0. The first-order chi connectivity index (χ1) is 8.56. The first-order valence-electron chi connectivity index (χ1n) is 6.01. The maximum absolute atomic E-state index is 11.7. The number of amides is 2. The number of primary amides is 1. The Kier molecular flexibility index (Phi) is 3.62. The Labute approximate surface area is 106 Å². The summed E-state index contributed by atoms with van der Waals surface area (Å²) in [6.07, 6.45) is 2.59. The molecule has 1 unspecified atom stereocenters. The highest BCUT2D eigenvalue weighted by Crippen LogP contribution is 2.32. The summed E-state index contributed by atoms with van der Waals surface area (Å²) in [6, 6.07) is 6.42. The van der Waals surface area contributed by atoms with Gasteiger partial charge in [-0.1, -0.05) is 0 Å². The van der Waals surface area contributed by atoms with E-state index < -0.39 is 5.91 Å². The zero-order chi connectivity index (χ0) is 13.1. The monoisotopic (exact) mass is 247 g/mol. The minimum atomic E-state index is -0.483. The topological polar surface area (TPSA) is 98.2 Å². The Hall–Kier alpha value is -1.88. The largest absolute Gasteiger partial charge is 0.366 e. The molecule has 1 aliphatic carbocycles. The molecule has 0 aromatic heterocycles. The predicted molar refractivity (Wildman–Crippen MR) is 68.9 cm³/mol. The van der Waals surface area contributed by atoms with Crippen LogP contribution < -0.4 is 16.8 Å². The zero-order valence-corrected chi connectivity index (χ0v) is 10.1. The molecular formula is C13H17N3O2. The minimum absolute atomic E-state index is 0.0464. The van der Waals surface area contributed by atoms with Gasteiger partial charge in [-0.15, -0.1) is 0 Å². The van der Waals surface area contributed by atoms with Crippen molar-refractivity contribution in [3.8, 4) is 0 Å². The van der Waals surface area contributed by atoms with Crippen LogP contribution in [0.3, 0.4) is 0 Å². The number of hydrogen-bond acceptors (Lipinski definition) is 3. The highest BCUT2D eigenvalue weighted by atomic mass is 16.2. The van der Waals surface area contributed by atoms with E-state index in [-0.39, 0.29) is 11.9 Å². The molecule has 0 aliphatic heterocycles. The van der Waals surface area contributed by atoms with Gasteiger partial charge in [-0.3, -0.25) is 9.59 Å². The first kappa shape index (κ1) is 12.6. The van der Waals surface area contributed by atoms with Gasteiger partial charge in [0, 0.05) is 23.7 Å². The van der Waals surface area contributed by atoms with Crippen LogP contribution in [0.25, 0.3) is 0 Å². The lowest BCUT2D eigenvalue weighted by Crippen LogP contribution is -2.28. The number of carbonyl (C=O) groups is 2. The molecule has 5 N–H and O–H groups in total. The lowest BCUT2D eigenvalue weighted by atomic mass is 10.1. The van der Waals surface area contributed by atoms with Crippen molar-refractivity contribution in [1.29, 1.82) is 0 Å². The van der Waals surface area contributed by atoms with E-state index in [9.17, 15) is 9.59 Å². The summed E-state index contributed by atoms with van der Waals surface area (Å²) in [4.78, 5) is 22.6. The number of nitrogens with one attached hydrogen (secondary N) is 1. The third-order valence-electron chi connectivity index (χ3n) is 3.10. The standard InChI is InChI=1S/C13H17N3O2/c14-11(8-1-2-8)7-12(17)16-10-5-3-9(4-6-10)13(15)18/h3-6,8,11H,1-2,7,14H2,(H2,15,18)(H,16,17). The zero-order valence-electron chi connectivity index (χ0n) is 10.1. The van der Waals surface area contributed by atoms with Crippen molar-refractivity contribution in [2.75, 3.05) is 5.32 Å². The van der Waals surface area contributed by atoms with Gasteiger partial charge in [0.2, 0.25) is 11.8 Å². The summed E-state index contributed by atoms with van der Waals surface area (Å²) in [6.45, 7) is 0. The Morgan fingerprint density at radius 1 is 1.28 bits per heavy atom. The van der Waals surface area contributed by atoms with Gasteiger partial charge in [0.15, 0.2) is 0 Å². The molecule has 1 fully saturated rings. The fraction of sp³-hybridized carbons (Fsp3) is 0.385. The molecule has 1 aliphatic rings. The molecule has 1 atom stereocenters. The van der Waals surface area contributed by atoms with Gasteiger partial charge >= 0.3 is 0 Å². The van der Waals surface area contributed by atoms with E-state index >= 15 is 0 Å². The lowest BCUT2D eigenvalue weighted by Gasteiger charge is -2.10. The van der Waals surface area contributed by atoms with E-state index in [2.05, 4.69) is 5.32 Å². The molecule has 0 saturated heterocycles. The van der Waals surface area contributed by atoms with Crippen LogP contribution in [0.15, 0.2) is 24.3 Å². The second-order valence-electron chi connectivity index (χ2n) is 4.70. The molecule has 1 aromatic rings. The summed E-state index contributed by atoms with van der Waals surface area (Å²) in [7, 11) is 0. The SMILES string of the molecule is NC(=O)c1ccc(NC(=O)CC(N)C2CC2)cc1. The van der Waals surface area contributed by atoms with E-state index in [0.29, 0.717) is 23.6 Å². The van der Waals surface area contributed by atoms with Crippen molar-refractivity contribution >= 4 is 17.5 Å². The van der Waals surface area contributed by atoms with Gasteiger partial charge in [-0.05, 0) is 43.0 Å². The molecule has 1 saturated carbocycles. The van der Waals surface area contributed by atoms with Gasteiger partial charge in [0.25, 0.3) is 0 Å². The summed E-state index contributed by atoms with van der Waals surface area (Å²) in [5.41, 5.74) is 12.1. The Bertz CT molecular complexity index is 452. The van der Waals surface area contributed by atoms with Crippen LogP contribution in [-0.2, 0) is 4.79 Å². The summed E-state index contributed by atoms with van der Waals surface area (Å²) in [5.74, 6) is -0.0714. The van der Waals surface area contributed by atoms with Gasteiger partial charge in [0.1, 0.15) is 0 Å². The van der Waals surface area contributed by atoms with Crippen molar-refractivity contribution < 1.29 is 9.59 Å². The molecule has 96 valence electrons. The number of nitrogens with two attached hydrogens (primary N) is 2. The highest BCUT2D eigenvalue weighted by Gasteiger charge is 2.29. The van der Waals surface area contributed by atoms with Crippen molar-refractivity contribution in [3.63, 3.8) is 0 Å². The smallest absolute Gasteiger partial charge is 0.248 e. The Balaban J connectivity index is 1.88. The Morgan fingerprint density at radius 2 is 1.89 bits per heavy atom. The van der Waals surface area contributed by atoms with Gasteiger partial charge in [0.05, 0.1) is 0 Å². The molecule has 2 rings (SSSR count). The van der Waals surface area contributed by atoms with Crippen LogP contribution in [0.2, 0.25) is 0 Å². The van der Waals surface area contributed by atoms with Crippen LogP contribution >= 0.6 is 0 Å². The molecular weight excluding hydrogens is 230 g/mol. The van der Waals surface area contributed by atoms with Gasteiger partial charge < -0.3 is 16.8 Å². The number of hydrogen-bond donors (Lipinski definition) is 3. The van der Waals surface area contributed by atoms with Crippen molar-refractivity contribution in [2.45, 2.75) is 25.3 Å². The average molecular weight is 247 g/mol. The molecule has 0 heterocycles. The fourth-order valence-electron chi connectivity index (χ4n) is 1.83. The van der Waals surface area contributed by atoms with Crippen LogP contribution in [0, 0.1) is 5.92 Å². The van der Waals surface area contributed by atoms with Crippen molar-refractivity contribution in [3.05, 3.63) is 29.8 Å². The molecule has 5 nitrogen and oxygen atoms in total. The second-order valence-corrected chi connectivity index (χ2v) is 4.70. The van der Waals surface area contributed by atoms with Gasteiger partial charge in [-0.25, -0.2) is 0 Å². The van der Waals surface area contributed by atoms with E-state index in [1.807, 2.05) is 0 Å². The highest BCUT2D eigenvalue weighted by molar-refractivity contribution is 5.94. The first-order valence-corrected chi connectivity index (χ1v) is 6.01. The van der Waals surface area contributed by atoms with Crippen LogP contribution in [-0.4, -0.2) is 17.9 Å². The van der Waals surface area contributed by atoms with Crippen LogP contribution in [0.1, 0.15) is 29.6 Å². The third-order valence-corrected chi connectivity index (χ3v) is 3.10. The average Bonchev–Trinajstić information content (AvgIpc) is 3.13. The van der Waals surface area contributed by atoms with Crippen LogP contribution in [0.4, 0.5) is 5.69 Å². The van der Waals surface area contributed by atoms with E-state index in [0.717, 1.165) is 12.8 Å². The van der Waals surface area contributed by atoms with Gasteiger partial charge in [-0.2, -0.15) is 0 Å². The Morgan fingerprint density at radius 3 is 2.39 bits per heavy atom. The molecule has 0 radical (unpaired) electrons. The maximum atomic E-state index is 11.7. The van der Waals surface area contributed by atoms with Crippen molar-refractivity contribution in [1.82, 2.24) is 0 Å². The van der Waals surface area contributed by atoms with E-state index in [1.54, 1.807) is 24.3 Å². The molecule has 0 spiro atoms. The number of benzene rings is 1. The third kappa shape index (κ3) is 3.30. The van der Waals surface area contributed by atoms with E-state index in [1.165, 1.54) is 0 Å². The number of anilines is 1. The molecule has 0 bridgehead atoms. The molecule has 18 heavy (non-hydrogen) atoms. The van der Waals surface area contributed by atoms with E-state index in [4.69, 9.17) is 11.5 Å². The van der Waals surface area contributed by atoms with Crippen molar-refractivity contribution in [2.24, 2.45) is 17.4 Å². The molecule has 1 aromatic carbocycles. The molecule has 2 amide bonds. The minimum Gasteiger partial charge on any atom is -0.366 e. The predicted octanol–water partition coefficient (Wildman–Crippen LogP) is 0.851. The maximum Gasteiger partial charge on any atom is 0.248 e. The lowest BCUT2D eigenvalue weighted by molar-refractivity contribution is -0.116. The quantitative estimate of drug-likeness (QED) is 0.719. The summed E-state index contributed by atoms with van der Waals surface area (Å²) >= 11 is 0. The number of carbonyl (C=O) groups excluding carboxylic acids is 2. The van der Waals surface area contributed by atoms with Crippen LogP contribution in [0.5, 0.6) is 0 Å². The summed E-state index contributed by atoms with van der Waals surface area (Å²) in [5, 5.41) is 2.75.